The zero-order valence-electron chi connectivity index (χ0n) is 8.21. The van der Waals surface area contributed by atoms with Crippen LogP contribution in [0.2, 0.25) is 0 Å². The van der Waals surface area contributed by atoms with Crippen LogP contribution >= 0.6 is 0 Å². The lowest BCUT2D eigenvalue weighted by atomic mass is 9.90. The number of fused-ring (bicyclic) bond motifs is 1. The Morgan fingerprint density at radius 1 is 1.40 bits per heavy atom. The Balaban J connectivity index is 1.79. The molecule has 0 spiro atoms. The van der Waals surface area contributed by atoms with E-state index in [1.807, 2.05) is 18.3 Å². The average Bonchev–Trinajstić information content (AvgIpc) is 2.62. The first-order chi connectivity index (χ1) is 7.31. The molecule has 2 N–H and O–H groups in total. The SMILES string of the molecule is NC1CC(Oc2ccn3nccc3n2)C1. The number of ether oxygens (including phenoxy) is 1. The molecule has 0 radical (unpaired) electrons. The molecule has 2 aromatic heterocycles. The molecule has 1 aliphatic rings. The molecule has 0 atom stereocenters. The van der Waals surface area contributed by atoms with Crippen LogP contribution in [0, 0.1) is 0 Å². The Labute approximate surface area is 86.9 Å². The van der Waals surface area contributed by atoms with Crippen LogP contribution in [0.15, 0.2) is 24.5 Å². The smallest absolute Gasteiger partial charge is 0.217 e. The van der Waals surface area contributed by atoms with Crippen molar-refractivity contribution in [2.24, 2.45) is 5.73 Å². The van der Waals surface area contributed by atoms with Crippen molar-refractivity contribution in [3.05, 3.63) is 24.5 Å². The third-order valence-corrected chi connectivity index (χ3v) is 2.65. The molecule has 2 heterocycles. The molecular weight excluding hydrogens is 192 g/mol. The van der Waals surface area contributed by atoms with Gasteiger partial charge in [0.15, 0.2) is 5.65 Å². The summed E-state index contributed by atoms with van der Waals surface area (Å²) in [7, 11) is 0. The van der Waals surface area contributed by atoms with Gasteiger partial charge in [0.25, 0.3) is 0 Å². The highest BCUT2D eigenvalue weighted by Gasteiger charge is 2.27. The van der Waals surface area contributed by atoms with Crippen molar-refractivity contribution in [3.8, 4) is 5.88 Å². The lowest BCUT2D eigenvalue weighted by molar-refractivity contribution is 0.0960. The summed E-state index contributed by atoms with van der Waals surface area (Å²) in [5.74, 6) is 0.653. The van der Waals surface area contributed by atoms with Gasteiger partial charge in [-0.25, -0.2) is 4.52 Å². The maximum Gasteiger partial charge on any atom is 0.217 e. The molecule has 0 bridgehead atoms. The topological polar surface area (TPSA) is 65.4 Å². The largest absolute Gasteiger partial charge is 0.474 e. The number of rotatable bonds is 2. The van der Waals surface area contributed by atoms with E-state index in [1.54, 1.807) is 10.7 Å². The average molecular weight is 204 g/mol. The molecule has 2 aromatic rings. The van der Waals surface area contributed by atoms with Crippen LogP contribution in [-0.4, -0.2) is 26.7 Å². The Hall–Kier alpha value is -1.62. The molecule has 5 nitrogen and oxygen atoms in total. The van der Waals surface area contributed by atoms with E-state index in [0.717, 1.165) is 18.5 Å². The normalized spacial score (nSPS) is 25.1. The highest BCUT2D eigenvalue weighted by Crippen LogP contribution is 2.23. The Bertz CT molecular complexity index is 475. The van der Waals surface area contributed by atoms with E-state index >= 15 is 0 Å². The van der Waals surface area contributed by atoms with E-state index in [-0.39, 0.29) is 6.10 Å². The number of hydrogen-bond acceptors (Lipinski definition) is 4. The first-order valence-electron chi connectivity index (χ1n) is 5.04. The summed E-state index contributed by atoms with van der Waals surface area (Å²) >= 11 is 0. The van der Waals surface area contributed by atoms with Crippen molar-refractivity contribution in [1.29, 1.82) is 0 Å². The van der Waals surface area contributed by atoms with Crippen molar-refractivity contribution in [1.82, 2.24) is 14.6 Å². The Morgan fingerprint density at radius 2 is 2.27 bits per heavy atom. The Kier molecular flexibility index (Phi) is 1.85. The van der Waals surface area contributed by atoms with Crippen LogP contribution in [0.5, 0.6) is 5.88 Å². The summed E-state index contributed by atoms with van der Waals surface area (Å²) in [6.07, 6.45) is 5.64. The summed E-state index contributed by atoms with van der Waals surface area (Å²) in [6, 6.07) is 3.97. The van der Waals surface area contributed by atoms with Gasteiger partial charge in [-0.15, -0.1) is 0 Å². The third-order valence-electron chi connectivity index (χ3n) is 2.65. The van der Waals surface area contributed by atoms with Crippen LogP contribution < -0.4 is 10.5 Å². The highest BCUT2D eigenvalue weighted by atomic mass is 16.5. The molecule has 15 heavy (non-hydrogen) atoms. The lowest BCUT2D eigenvalue weighted by Gasteiger charge is -2.31. The van der Waals surface area contributed by atoms with Gasteiger partial charge in [-0.1, -0.05) is 0 Å². The lowest BCUT2D eigenvalue weighted by Crippen LogP contribution is -2.43. The van der Waals surface area contributed by atoms with E-state index < -0.39 is 0 Å². The molecule has 0 amide bonds. The van der Waals surface area contributed by atoms with E-state index in [2.05, 4.69) is 10.1 Å². The summed E-state index contributed by atoms with van der Waals surface area (Å²) in [5.41, 5.74) is 6.48. The molecule has 78 valence electrons. The summed E-state index contributed by atoms with van der Waals surface area (Å²) < 4.78 is 7.37. The predicted molar refractivity (Wildman–Crippen MR) is 54.6 cm³/mol. The molecule has 0 saturated heterocycles. The van der Waals surface area contributed by atoms with E-state index in [1.165, 1.54) is 0 Å². The minimum atomic E-state index is 0.234. The number of nitrogens with two attached hydrogens (primary N) is 1. The number of hydrogen-bond donors (Lipinski definition) is 1. The van der Waals surface area contributed by atoms with Gasteiger partial charge < -0.3 is 10.5 Å². The van der Waals surface area contributed by atoms with Gasteiger partial charge in [-0.05, 0) is 12.8 Å². The van der Waals surface area contributed by atoms with Crippen molar-refractivity contribution in [2.45, 2.75) is 25.0 Å². The van der Waals surface area contributed by atoms with Gasteiger partial charge in [-0.3, -0.25) is 0 Å². The summed E-state index contributed by atoms with van der Waals surface area (Å²) in [5, 5.41) is 4.06. The monoisotopic (exact) mass is 204 g/mol. The van der Waals surface area contributed by atoms with Crippen LogP contribution in [0.1, 0.15) is 12.8 Å². The van der Waals surface area contributed by atoms with Crippen molar-refractivity contribution in [2.75, 3.05) is 0 Å². The summed E-state index contributed by atoms with van der Waals surface area (Å²) in [6.45, 7) is 0. The van der Waals surface area contributed by atoms with Crippen molar-refractivity contribution < 1.29 is 4.74 Å². The van der Waals surface area contributed by atoms with Gasteiger partial charge in [0, 0.05) is 24.4 Å². The molecular formula is C10H12N4O. The summed E-state index contributed by atoms with van der Waals surface area (Å²) in [4.78, 5) is 4.32. The third kappa shape index (κ3) is 1.55. The van der Waals surface area contributed by atoms with Gasteiger partial charge in [0.05, 0.1) is 6.20 Å². The van der Waals surface area contributed by atoms with E-state index in [4.69, 9.17) is 10.5 Å². The fourth-order valence-corrected chi connectivity index (χ4v) is 1.73. The fourth-order valence-electron chi connectivity index (χ4n) is 1.73. The van der Waals surface area contributed by atoms with Crippen LogP contribution in [0.4, 0.5) is 0 Å². The first kappa shape index (κ1) is 8.67. The zero-order valence-corrected chi connectivity index (χ0v) is 8.21. The van der Waals surface area contributed by atoms with Crippen molar-refractivity contribution in [3.63, 3.8) is 0 Å². The molecule has 0 aliphatic heterocycles. The zero-order chi connectivity index (χ0) is 10.3. The molecule has 1 fully saturated rings. The quantitative estimate of drug-likeness (QED) is 0.777. The molecule has 0 aromatic carbocycles. The number of nitrogens with zero attached hydrogens (tertiary/aromatic N) is 3. The molecule has 0 unspecified atom stereocenters. The fraction of sp³-hybridized carbons (Fsp3) is 0.400. The second kappa shape index (κ2) is 3.20. The highest BCUT2D eigenvalue weighted by molar-refractivity contribution is 5.37. The van der Waals surface area contributed by atoms with Crippen LogP contribution in [0.3, 0.4) is 0 Å². The molecule has 1 saturated carbocycles. The van der Waals surface area contributed by atoms with Crippen molar-refractivity contribution >= 4 is 5.65 Å². The molecule has 1 aliphatic carbocycles. The molecule has 3 rings (SSSR count). The second-order valence-electron chi connectivity index (χ2n) is 3.87. The van der Waals surface area contributed by atoms with Gasteiger partial charge in [0.2, 0.25) is 5.88 Å². The van der Waals surface area contributed by atoms with E-state index in [0.29, 0.717) is 11.9 Å². The maximum absolute atomic E-state index is 5.68. The minimum absolute atomic E-state index is 0.234. The number of aromatic nitrogens is 3. The second-order valence-corrected chi connectivity index (χ2v) is 3.87. The predicted octanol–water partition coefficient (Wildman–Crippen LogP) is 0.598. The van der Waals surface area contributed by atoms with Crippen LogP contribution in [0.25, 0.3) is 5.65 Å². The standard InChI is InChI=1S/C10H12N4O/c11-7-5-8(6-7)15-10-2-4-14-9(13-10)1-3-12-14/h1-4,7-8H,5-6,11H2. The minimum Gasteiger partial charge on any atom is -0.474 e. The maximum atomic E-state index is 5.68. The molecule has 5 heteroatoms. The van der Waals surface area contributed by atoms with Gasteiger partial charge >= 0.3 is 0 Å². The van der Waals surface area contributed by atoms with E-state index in [9.17, 15) is 0 Å². The first-order valence-corrected chi connectivity index (χ1v) is 5.04. The Morgan fingerprint density at radius 3 is 3.07 bits per heavy atom. The van der Waals surface area contributed by atoms with Gasteiger partial charge in [-0.2, -0.15) is 10.1 Å². The van der Waals surface area contributed by atoms with Crippen LogP contribution in [-0.2, 0) is 0 Å². The van der Waals surface area contributed by atoms with Gasteiger partial charge in [0.1, 0.15) is 6.10 Å².